The summed E-state index contributed by atoms with van der Waals surface area (Å²) in [4.78, 5) is 31.7. The fraction of sp³-hybridized carbons (Fsp3) is 0.783. The lowest BCUT2D eigenvalue weighted by molar-refractivity contribution is 0.335. The van der Waals surface area contributed by atoms with E-state index in [2.05, 4.69) is 14.9 Å². The molecular formula is C23H35N5O. The van der Waals surface area contributed by atoms with Crippen LogP contribution in [0.2, 0.25) is 0 Å². The van der Waals surface area contributed by atoms with E-state index in [4.69, 9.17) is 9.97 Å². The first-order valence-electron chi connectivity index (χ1n) is 12.1. The van der Waals surface area contributed by atoms with Crippen molar-refractivity contribution in [2.75, 3.05) is 4.90 Å². The highest BCUT2D eigenvalue weighted by molar-refractivity contribution is 5.71. The van der Waals surface area contributed by atoms with E-state index in [1.54, 1.807) is 0 Å². The zero-order valence-electron chi connectivity index (χ0n) is 17.6. The van der Waals surface area contributed by atoms with Crippen LogP contribution in [0.1, 0.15) is 108 Å². The predicted molar refractivity (Wildman–Crippen MR) is 117 cm³/mol. The van der Waals surface area contributed by atoms with Gasteiger partial charge in [-0.25, -0.2) is 4.98 Å². The molecule has 0 saturated heterocycles. The van der Waals surface area contributed by atoms with Crippen molar-refractivity contribution >= 4 is 17.1 Å². The lowest BCUT2D eigenvalue weighted by Gasteiger charge is -2.42. The lowest BCUT2D eigenvalue weighted by atomic mass is 9.89. The van der Waals surface area contributed by atoms with Gasteiger partial charge < -0.3 is 9.88 Å². The van der Waals surface area contributed by atoms with E-state index in [-0.39, 0.29) is 5.56 Å². The smallest absolute Gasteiger partial charge is 0.278 e. The second kappa shape index (κ2) is 8.49. The summed E-state index contributed by atoms with van der Waals surface area (Å²) in [6.45, 7) is 0. The Hall–Kier alpha value is -1.85. The Morgan fingerprint density at radius 3 is 1.83 bits per heavy atom. The number of hydrogen-bond acceptors (Lipinski definition) is 4. The van der Waals surface area contributed by atoms with Crippen LogP contribution in [0.25, 0.3) is 11.2 Å². The van der Waals surface area contributed by atoms with Gasteiger partial charge in [-0.05, 0) is 38.5 Å². The highest BCUT2D eigenvalue weighted by atomic mass is 16.1. The normalized spacial score (nSPS) is 22.9. The summed E-state index contributed by atoms with van der Waals surface area (Å²) in [6.07, 6.45) is 18.8. The minimum atomic E-state index is -0.0591. The Morgan fingerprint density at radius 2 is 1.24 bits per heavy atom. The van der Waals surface area contributed by atoms with Crippen LogP contribution in [0.5, 0.6) is 0 Å². The summed E-state index contributed by atoms with van der Waals surface area (Å²) in [5.41, 5.74) is 1.11. The Bertz CT molecular complexity index is 851. The summed E-state index contributed by atoms with van der Waals surface area (Å²) in [5, 5.41) is 0. The third kappa shape index (κ3) is 3.95. The van der Waals surface area contributed by atoms with E-state index in [9.17, 15) is 4.79 Å². The lowest BCUT2D eigenvalue weighted by Crippen LogP contribution is -2.47. The van der Waals surface area contributed by atoms with Crippen molar-refractivity contribution in [2.45, 2.75) is 114 Å². The summed E-state index contributed by atoms with van der Waals surface area (Å²) in [5.74, 6) is 2.19. The van der Waals surface area contributed by atoms with Crippen LogP contribution in [-0.4, -0.2) is 32.0 Å². The monoisotopic (exact) mass is 397 g/mol. The fourth-order valence-corrected chi connectivity index (χ4v) is 5.97. The predicted octanol–water partition coefficient (Wildman–Crippen LogP) is 5.17. The zero-order chi connectivity index (χ0) is 19.6. The quantitative estimate of drug-likeness (QED) is 0.746. The van der Waals surface area contributed by atoms with E-state index >= 15 is 0 Å². The number of hydrogen-bond donors (Lipinski definition) is 2. The molecular weight excluding hydrogens is 362 g/mol. The molecule has 3 saturated carbocycles. The molecule has 0 radical (unpaired) electrons. The second-order valence-electron chi connectivity index (χ2n) is 9.54. The van der Waals surface area contributed by atoms with Crippen LogP contribution in [0, 0.1) is 0 Å². The van der Waals surface area contributed by atoms with Crippen molar-refractivity contribution in [3.05, 3.63) is 16.2 Å². The molecule has 3 aliphatic carbocycles. The average molecular weight is 398 g/mol. The van der Waals surface area contributed by atoms with E-state index in [1.807, 2.05) is 0 Å². The molecule has 2 heterocycles. The van der Waals surface area contributed by atoms with Gasteiger partial charge in [-0.2, -0.15) is 4.98 Å². The third-order valence-electron chi connectivity index (χ3n) is 7.54. The Kier molecular flexibility index (Phi) is 5.60. The van der Waals surface area contributed by atoms with Crippen molar-refractivity contribution < 1.29 is 0 Å². The molecule has 6 nitrogen and oxygen atoms in total. The molecule has 0 unspecified atom stereocenters. The number of nitrogens with one attached hydrogen (secondary N) is 2. The molecule has 29 heavy (non-hydrogen) atoms. The topological polar surface area (TPSA) is 77.7 Å². The van der Waals surface area contributed by atoms with Crippen LogP contribution < -0.4 is 10.5 Å². The minimum Gasteiger partial charge on any atom is -0.336 e. The molecule has 6 heteroatoms. The molecule has 0 spiro atoms. The maximum atomic E-state index is 13.0. The van der Waals surface area contributed by atoms with Gasteiger partial charge in [-0.15, -0.1) is 0 Å². The number of H-pyrrole nitrogens is 2. The highest BCUT2D eigenvalue weighted by Crippen LogP contribution is 2.34. The largest absolute Gasteiger partial charge is 0.336 e. The Balaban J connectivity index is 1.50. The van der Waals surface area contributed by atoms with Crippen LogP contribution in [0.15, 0.2) is 4.79 Å². The molecule has 0 atom stereocenters. The molecule has 2 aromatic heterocycles. The van der Waals surface area contributed by atoms with Crippen molar-refractivity contribution in [3.63, 3.8) is 0 Å². The van der Waals surface area contributed by atoms with Gasteiger partial charge in [-0.3, -0.25) is 9.78 Å². The molecule has 0 aliphatic heterocycles. The van der Waals surface area contributed by atoms with Crippen molar-refractivity contribution in [1.82, 2.24) is 19.9 Å². The van der Waals surface area contributed by atoms with Gasteiger partial charge in [0.2, 0.25) is 5.95 Å². The maximum Gasteiger partial charge on any atom is 0.278 e. The van der Waals surface area contributed by atoms with Gasteiger partial charge in [0.25, 0.3) is 5.56 Å². The van der Waals surface area contributed by atoms with Gasteiger partial charge in [-0.1, -0.05) is 57.8 Å². The van der Waals surface area contributed by atoms with Gasteiger partial charge in [0.1, 0.15) is 5.82 Å². The summed E-state index contributed by atoms with van der Waals surface area (Å²) >= 11 is 0. The first-order chi connectivity index (χ1) is 14.3. The van der Waals surface area contributed by atoms with Crippen LogP contribution >= 0.6 is 0 Å². The van der Waals surface area contributed by atoms with Crippen LogP contribution in [0.3, 0.4) is 0 Å². The molecule has 158 valence electrons. The summed E-state index contributed by atoms with van der Waals surface area (Å²) < 4.78 is 0. The fourth-order valence-electron chi connectivity index (χ4n) is 5.97. The highest BCUT2D eigenvalue weighted by Gasteiger charge is 2.31. The van der Waals surface area contributed by atoms with Gasteiger partial charge >= 0.3 is 0 Å². The number of rotatable bonds is 4. The van der Waals surface area contributed by atoms with E-state index in [0.717, 1.165) is 11.8 Å². The molecule has 5 rings (SSSR count). The maximum absolute atomic E-state index is 13.0. The molecule has 3 fully saturated rings. The molecule has 0 amide bonds. The van der Waals surface area contributed by atoms with Crippen LogP contribution in [0.4, 0.5) is 5.95 Å². The van der Waals surface area contributed by atoms with Crippen molar-refractivity contribution in [3.8, 4) is 0 Å². The SMILES string of the molecule is O=c1[nH]c(N(C2CCCCC2)C2CCCCC2)nc2nc(C3CCCCC3)[nH]c12. The Morgan fingerprint density at radius 1 is 0.690 bits per heavy atom. The number of fused-ring (bicyclic) bond motifs is 1. The number of aromatic amines is 2. The number of anilines is 1. The Labute approximate surface area is 172 Å². The standard InChI is InChI=1S/C23H35N5O/c29-22-19-21(25-20(24-19)16-10-4-1-5-11-16)26-23(27-22)28(17-12-6-2-7-13-17)18-14-8-3-9-15-18/h16-18H,1-15H2,(H2,24,25,26,27,29). The first-order valence-corrected chi connectivity index (χ1v) is 12.1. The van der Waals surface area contributed by atoms with Crippen LogP contribution in [-0.2, 0) is 0 Å². The zero-order valence-corrected chi connectivity index (χ0v) is 17.6. The van der Waals surface area contributed by atoms with Crippen molar-refractivity contribution in [2.24, 2.45) is 0 Å². The van der Waals surface area contributed by atoms with Gasteiger partial charge in [0, 0.05) is 18.0 Å². The van der Waals surface area contributed by atoms with Gasteiger partial charge in [0.15, 0.2) is 11.2 Å². The molecule has 2 aromatic rings. The number of aromatic nitrogens is 4. The van der Waals surface area contributed by atoms with E-state index in [1.165, 1.54) is 96.3 Å². The van der Waals surface area contributed by atoms with E-state index < -0.39 is 0 Å². The summed E-state index contributed by atoms with van der Waals surface area (Å²) in [6, 6.07) is 1.01. The second-order valence-corrected chi connectivity index (χ2v) is 9.54. The van der Waals surface area contributed by atoms with Gasteiger partial charge in [0.05, 0.1) is 0 Å². The first kappa shape index (κ1) is 19.1. The minimum absolute atomic E-state index is 0.0591. The molecule has 2 N–H and O–H groups in total. The third-order valence-corrected chi connectivity index (χ3v) is 7.54. The van der Waals surface area contributed by atoms with Crippen molar-refractivity contribution in [1.29, 1.82) is 0 Å². The summed E-state index contributed by atoms with van der Waals surface area (Å²) in [7, 11) is 0. The number of imidazole rings is 1. The number of nitrogens with zero attached hydrogens (tertiary/aromatic N) is 3. The molecule has 0 bridgehead atoms. The average Bonchev–Trinajstić information content (AvgIpc) is 3.21. The molecule has 3 aliphatic rings. The molecule has 0 aromatic carbocycles. The van der Waals surface area contributed by atoms with E-state index in [0.29, 0.717) is 29.2 Å².